The molecule has 1 aromatic rings. The molecule has 94 valence electrons. The molecule has 1 aromatic carbocycles. The average Bonchev–Trinajstić information content (AvgIpc) is 2.58. The van der Waals surface area contributed by atoms with Crippen molar-refractivity contribution in [1.29, 1.82) is 0 Å². The van der Waals surface area contributed by atoms with Crippen LogP contribution in [0.4, 0.5) is 0 Å². The number of ether oxygens (including phenoxy) is 1. The second-order valence-electron chi connectivity index (χ2n) is 4.91. The van der Waals surface area contributed by atoms with E-state index < -0.39 is 0 Å². The second kappa shape index (κ2) is 6.77. The lowest BCUT2D eigenvalue weighted by Crippen LogP contribution is -2.18. The van der Waals surface area contributed by atoms with Crippen LogP contribution in [0.2, 0.25) is 0 Å². The van der Waals surface area contributed by atoms with Crippen LogP contribution in [-0.4, -0.2) is 25.8 Å². The molecule has 0 aromatic heterocycles. The smallest absolute Gasteiger partial charge is 0.0587 e. The minimum absolute atomic E-state index is 0.467. The molecular weight excluding hydrogens is 210 g/mol. The normalized spacial score (nSPS) is 21.1. The Labute approximate surface area is 104 Å². The summed E-state index contributed by atoms with van der Waals surface area (Å²) in [7, 11) is 0. The van der Waals surface area contributed by atoms with Crippen molar-refractivity contribution in [2.24, 2.45) is 0 Å². The molecule has 1 N–H and O–H groups in total. The van der Waals surface area contributed by atoms with Crippen LogP contribution < -0.4 is 5.32 Å². The van der Waals surface area contributed by atoms with Crippen LogP contribution in [-0.2, 0) is 11.2 Å². The summed E-state index contributed by atoms with van der Waals surface area (Å²) in [6.45, 7) is 5.25. The largest absolute Gasteiger partial charge is 0.378 e. The maximum atomic E-state index is 5.97. The summed E-state index contributed by atoms with van der Waals surface area (Å²) in [5.41, 5.74) is 2.72. The first-order valence-corrected chi connectivity index (χ1v) is 6.72. The summed E-state index contributed by atoms with van der Waals surface area (Å²) in [6.07, 6.45) is 5.12. The molecule has 1 saturated heterocycles. The number of hydrogen-bond donors (Lipinski definition) is 1. The van der Waals surface area contributed by atoms with E-state index >= 15 is 0 Å². The quantitative estimate of drug-likeness (QED) is 0.863. The van der Waals surface area contributed by atoms with Crippen LogP contribution >= 0.6 is 0 Å². The second-order valence-corrected chi connectivity index (χ2v) is 4.91. The van der Waals surface area contributed by atoms with E-state index in [9.17, 15) is 0 Å². The van der Waals surface area contributed by atoms with Gasteiger partial charge in [-0.25, -0.2) is 0 Å². The number of rotatable bonds is 4. The van der Waals surface area contributed by atoms with Gasteiger partial charge < -0.3 is 10.1 Å². The molecule has 1 aliphatic rings. The van der Waals surface area contributed by atoms with Gasteiger partial charge in [-0.1, -0.05) is 29.8 Å². The average molecular weight is 233 g/mol. The Morgan fingerprint density at radius 1 is 1.29 bits per heavy atom. The van der Waals surface area contributed by atoms with Crippen LogP contribution in [0.25, 0.3) is 0 Å². The van der Waals surface area contributed by atoms with Gasteiger partial charge >= 0.3 is 0 Å². The van der Waals surface area contributed by atoms with E-state index in [-0.39, 0.29) is 0 Å². The standard InChI is InChI=1S/C15H23NO/c1-13-4-2-5-14(12-13)8-11-17-15-6-3-9-16-10-7-15/h2,4-5,12,15-16H,3,6-11H2,1H3. The van der Waals surface area contributed by atoms with Gasteiger partial charge in [0.1, 0.15) is 0 Å². The molecule has 0 radical (unpaired) electrons. The van der Waals surface area contributed by atoms with Gasteiger partial charge in [0.25, 0.3) is 0 Å². The summed E-state index contributed by atoms with van der Waals surface area (Å²) in [5, 5.41) is 3.41. The molecule has 1 fully saturated rings. The summed E-state index contributed by atoms with van der Waals surface area (Å²) >= 11 is 0. The topological polar surface area (TPSA) is 21.3 Å². The molecule has 2 nitrogen and oxygen atoms in total. The molecule has 1 heterocycles. The number of benzene rings is 1. The summed E-state index contributed by atoms with van der Waals surface area (Å²) in [4.78, 5) is 0. The van der Waals surface area contributed by atoms with Crippen molar-refractivity contribution in [3.8, 4) is 0 Å². The molecule has 2 heteroatoms. The van der Waals surface area contributed by atoms with E-state index in [1.54, 1.807) is 0 Å². The van der Waals surface area contributed by atoms with Crippen molar-refractivity contribution in [3.63, 3.8) is 0 Å². The lowest BCUT2D eigenvalue weighted by atomic mass is 10.1. The number of nitrogens with one attached hydrogen (secondary N) is 1. The van der Waals surface area contributed by atoms with E-state index in [4.69, 9.17) is 4.74 Å². The third-order valence-electron chi connectivity index (χ3n) is 3.35. The Hall–Kier alpha value is -0.860. The van der Waals surface area contributed by atoms with E-state index in [0.29, 0.717) is 6.10 Å². The van der Waals surface area contributed by atoms with Crippen molar-refractivity contribution in [3.05, 3.63) is 35.4 Å². The zero-order valence-electron chi connectivity index (χ0n) is 10.7. The first-order valence-electron chi connectivity index (χ1n) is 6.72. The summed E-state index contributed by atoms with van der Waals surface area (Å²) < 4.78 is 5.97. The first kappa shape index (κ1) is 12.6. The third kappa shape index (κ3) is 4.49. The van der Waals surface area contributed by atoms with Gasteiger partial charge in [0.05, 0.1) is 12.7 Å². The SMILES string of the molecule is Cc1cccc(CCOC2CCCNCC2)c1. The Bertz CT molecular complexity index is 329. The summed E-state index contributed by atoms with van der Waals surface area (Å²) in [6, 6.07) is 8.70. The Morgan fingerprint density at radius 3 is 3.12 bits per heavy atom. The molecule has 0 amide bonds. The maximum absolute atomic E-state index is 5.97. The van der Waals surface area contributed by atoms with Crippen molar-refractivity contribution in [1.82, 2.24) is 5.32 Å². The molecule has 1 atom stereocenters. The lowest BCUT2D eigenvalue weighted by Gasteiger charge is -2.15. The molecular formula is C15H23NO. The highest BCUT2D eigenvalue weighted by atomic mass is 16.5. The van der Waals surface area contributed by atoms with Gasteiger partial charge in [-0.05, 0) is 51.3 Å². The monoisotopic (exact) mass is 233 g/mol. The molecule has 1 unspecified atom stereocenters. The minimum Gasteiger partial charge on any atom is -0.378 e. The molecule has 17 heavy (non-hydrogen) atoms. The van der Waals surface area contributed by atoms with Crippen LogP contribution in [0.15, 0.2) is 24.3 Å². The zero-order chi connectivity index (χ0) is 11.9. The van der Waals surface area contributed by atoms with Gasteiger partial charge in [-0.15, -0.1) is 0 Å². The highest BCUT2D eigenvalue weighted by Gasteiger charge is 2.11. The zero-order valence-corrected chi connectivity index (χ0v) is 10.7. The lowest BCUT2D eigenvalue weighted by molar-refractivity contribution is 0.0475. The fourth-order valence-electron chi connectivity index (χ4n) is 2.36. The summed E-state index contributed by atoms with van der Waals surface area (Å²) in [5.74, 6) is 0. The number of hydrogen-bond acceptors (Lipinski definition) is 2. The molecule has 0 bridgehead atoms. The minimum atomic E-state index is 0.467. The van der Waals surface area contributed by atoms with Gasteiger partial charge in [0.2, 0.25) is 0 Å². The predicted molar refractivity (Wildman–Crippen MR) is 71.3 cm³/mol. The molecule has 0 spiro atoms. The van der Waals surface area contributed by atoms with Gasteiger partial charge in [-0.2, -0.15) is 0 Å². The van der Waals surface area contributed by atoms with Crippen molar-refractivity contribution >= 4 is 0 Å². The molecule has 1 aliphatic heterocycles. The first-order chi connectivity index (χ1) is 8.34. The fraction of sp³-hybridized carbons (Fsp3) is 0.600. The Kier molecular flexibility index (Phi) is 5.02. The van der Waals surface area contributed by atoms with Crippen LogP contribution in [0.1, 0.15) is 30.4 Å². The Morgan fingerprint density at radius 2 is 2.24 bits per heavy atom. The van der Waals surface area contributed by atoms with Crippen LogP contribution in [0, 0.1) is 6.92 Å². The third-order valence-corrected chi connectivity index (χ3v) is 3.35. The van der Waals surface area contributed by atoms with Crippen LogP contribution in [0.5, 0.6) is 0 Å². The highest BCUT2D eigenvalue weighted by molar-refractivity contribution is 5.22. The van der Waals surface area contributed by atoms with Crippen molar-refractivity contribution < 1.29 is 4.74 Å². The van der Waals surface area contributed by atoms with Gasteiger partial charge in [0, 0.05) is 0 Å². The van der Waals surface area contributed by atoms with E-state index in [2.05, 4.69) is 36.5 Å². The van der Waals surface area contributed by atoms with E-state index in [1.165, 1.54) is 24.0 Å². The molecule has 2 rings (SSSR count). The molecule has 0 aliphatic carbocycles. The van der Waals surface area contributed by atoms with Gasteiger partial charge in [-0.3, -0.25) is 0 Å². The van der Waals surface area contributed by atoms with Crippen LogP contribution in [0.3, 0.4) is 0 Å². The van der Waals surface area contributed by atoms with Gasteiger partial charge in [0.15, 0.2) is 0 Å². The maximum Gasteiger partial charge on any atom is 0.0587 e. The number of aryl methyl sites for hydroxylation is 1. The highest BCUT2D eigenvalue weighted by Crippen LogP contribution is 2.11. The van der Waals surface area contributed by atoms with E-state index in [1.807, 2.05) is 0 Å². The Balaban J connectivity index is 1.71. The fourth-order valence-corrected chi connectivity index (χ4v) is 2.36. The van der Waals surface area contributed by atoms with Crippen molar-refractivity contribution in [2.45, 2.75) is 38.7 Å². The van der Waals surface area contributed by atoms with Crippen molar-refractivity contribution in [2.75, 3.05) is 19.7 Å². The predicted octanol–water partition coefficient (Wildman–Crippen LogP) is 2.70. The van der Waals surface area contributed by atoms with E-state index in [0.717, 1.165) is 32.5 Å². The molecule has 0 saturated carbocycles.